The van der Waals surface area contributed by atoms with E-state index >= 15 is 0 Å². The van der Waals surface area contributed by atoms with Gasteiger partial charge in [0, 0.05) is 17.2 Å². The van der Waals surface area contributed by atoms with Gasteiger partial charge in [0.15, 0.2) is 5.82 Å². The summed E-state index contributed by atoms with van der Waals surface area (Å²) >= 11 is 13.3. The number of rotatable bonds is 3. The molecular weight excluding hydrogens is 441 g/mol. The molecule has 148 valence electrons. The lowest BCUT2D eigenvalue weighted by Gasteiger charge is -1.99. The van der Waals surface area contributed by atoms with Gasteiger partial charge in [0.1, 0.15) is 16.1 Å². The maximum Gasteiger partial charge on any atom is 0.291 e. The SMILES string of the molecule is Cc1cccc(-c2nc3sc(=Cc4ccc(-c5ccc(Cl)c(Cl)c5)o4)c(=O)n3n2)c1. The van der Waals surface area contributed by atoms with Crippen molar-refractivity contribution in [1.82, 2.24) is 14.6 Å². The van der Waals surface area contributed by atoms with Crippen LogP contribution in [0.1, 0.15) is 11.3 Å². The molecule has 3 aromatic heterocycles. The molecule has 0 saturated heterocycles. The highest BCUT2D eigenvalue weighted by molar-refractivity contribution is 7.15. The number of benzene rings is 2. The van der Waals surface area contributed by atoms with Crippen LogP contribution >= 0.6 is 34.5 Å². The molecule has 0 aliphatic carbocycles. The molecule has 5 nitrogen and oxygen atoms in total. The number of aromatic nitrogens is 3. The van der Waals surface area contributed by atoms with Crippen LogP contribution in [0.4, 0.5) is 0 Å². The summed E-state index contributed by atoms with van der Waals surface area (Å²) in [4.78, 5) is 17.8. The molecule has 5 rings (SSSR count). The molecule has 3 heterocycles. The quantitative estimate of drug-likeness (QED) is 0.374. The Morgan fingerprint density at radius 2 is 1.90 bits per heavy atom. The third-order valence-corrected chi connectivity index (χ3v) is 6.26. The van der Waals surface area contributed by atoms with Gasteiger partial charge in [-0.05, 0) is 43.3 Å². The summed E-state index contributed by atoms with van der Waals surface area (Å²) in [5.74, 6) is 1.72. The number of halogens is 2. The fraction of sp³-hybridized carbons (Fsp3) is 0.0455. The number of aryl methyl sites for hydroxylation is 1. The summed E-state index contributed by atoms with van der Waals surface area (Å²) in [7, 11) is 0. The molecule has 2 aromatic carbocycles. The first-order chi connectivity index (χ1) is 14.5. The van der Waals surface area contributed by atoms with Gasteiger partial charge in [0.25, 0.3) is 5.56 Å². The molecule has 0 unspecified atom stereocenters. The summed E-state index contributed by atoms with van der Waals surface area (Å²) in [6, 6.07) is 16.8. The molecule has 0 amide bonds. The molecule has 0 N–H and O–H groups in total. The third-order valence-electron chi connectivity index (χ3n) is 4.56. The molecule has 5 aromatic rings. The van der Waals surface area contributed by atoms with E-state index in [9.17, 15) is 4.79 Å². The molecule has 0 saturated carbocycles. The van der Waals surface area contributed by atoms with Crippen molar-refractivity contribution in [3.05, 3.63) is 90.9 Å². The fourth-order valence-corrected chi connectivity index (χ4v) is 4.29. The largest absolute Gasteiger partial charge is 0.457 e. The van der Waals surface area contributed by atoms with E-state index in [2.05, 4.69) is 10.1 Å². The standard InChI is InChI=1S/C22H13Cl2N3O2S/c1-12-3-2-4-14(9-12)20-25-22-27(26-20)21(28)19(30-22)11-15-6-8-18(29-15)13-5-7-16(23)17(24)10-13/h2-11H,1H3. The molecule has 0 aliphatic rings. The van der Waals surface area contributed by atoms with Gasteiger partial charge in [0.05, 0.1) is 10.0 Å². The van der Waals surface area contributed by atoms with Crippen LogP contribution in [0.2, 0.25) is 10.0 Å². The van der Waals surface area contributed by atoms with Crippen molar-refractivity contribution < 1.29 is 4.42 Å². The van der Waals surface area contributed by atoms with Crippen molar-refractivity contribution in [2.24, 2.45) is 0 Å². The molecule has 30 heavy (non-hydrogen) atoms. The predicted molar refractivity (Wildman–Crippen MR) is 120 cm³/mol. The number of fused-ring (bicyclic) bond motifs is 1. The number of hydrogen-bond donors (Lipinski definition) is 0. The minimum atomic E-state index is -0.228. The summed E-state index contributed by atoms with van der Waals surface area (Å²) in [5, 5.41) is 5.31. The van der Waals surface area contributed by atoms with E-state index in [1.165, 1.54) is 15.9 Å². The topological polar surface area (TPSA) is 60.4 Å². The molecule has 8 heteroatoms. The van der Waals surface area contributed by atoms with Crippen LogP contribution in [0.25, 0.3) is 33.7 Å². The van der Waals surface area contributed by atoms with Crippen molar-refractivity contribution in [1.29, 1.82) is 0 Å². The zero-order valence-corrected chi connectivity index (χ0v) is 17.9. The third kappa shape index (κ3) is 3.43. The molecule has 0 radical (unpaired) electrons. The van der Waals surface area contributed by atoms with Crippen molar-refractivity contribution in [2.45, 2.75) is 6.92 Å². The van der Waals surface area contributed by atoms with Gasteiger partial charge in [-0.25, -0.2) is 0 Å². The van der Waals surface area contributed by atoms with E-state index in [-0.39, 0.29) is 5.56 Å². The molecule has 0 bridgehead atoms. The van der Waals surface area contributed by atoms with Gasteiger partial charge in [-0.2, -0.15) is 9.50 Å². The van der Waals surface area contributed by atoms with E-state index in [0.29, 0.717) is 36.9 Å². The highest BCUT2D eigenvalue weighted by Gasteiger charge is 2.13. The highest BCUT2D eigenvalue weighted by Crippen LogP contribution is 2.29. The molecule has 0 spiro atoms. The monoisotopic (exact) mass is 453 g/mol. The maximum absolute atomic E-state index is 12.8. The number of nitrogens with zero attached hydrogens (tertiary/aromatic N) is 3. The second-order valence-corrected chi connectivity index (χ2v) is 8.57. The van der Waals surface area contributed by atoms with Gasteiger partial charge in [-0.15, -0.1) is 5.10 Å². The number of thiazole rings is 1. The first kappa shape index (κ1) is 19.1. The number of furan rings is 1. The number of hydrogen-bond acceptors (Lipinski definition) is 5. The normalized spacial score (nSPS) is 12.2. The maximum atomic E-state index is 12.8. The van der Waals surface area contributed by atoms with Crippen LogP contribution in [0.5, 0.6) is 0 Å². The summed E-state index contributed by atoms with van der Waals surface area (Å²) in [6.07, 6.45) is 1.69. The van der Waals surface area contributed by atoms with E-state index in [1.54, 1.807) is 24.3 Å². The minimum Gasteiger partial charge on any atom is -0.457 e. The van der Waals surface area contributed by atoms with Crippen molar-refractivity contribution in [3.8, 4) is 22.7 Å². The van der Waals surface area contributed by atoms with Gasteiger partial charge in [0.2, 0.25) is 4.96 Å². The Balaban J connectivity index is 1.51. The zero-order valence-electron chi connectivity index (χ0n) is 15.6. The second kappa shape index (κ2) is 7.40. The van der Waals surface area contributed by atoms with Crippen molar-refractivity contribution in [2.75, 3.05) is 0 Å². The predicted octanol–water partition coefficient (Wildman–Crippen LogP) is 5.24. The van der Waals surface area contributed by atoms with Crippen LogP contribution in [0.3, 0.4) is 0 Å². The Labute approximate surface area is 184 Å². The summed E-state index contributed by atoms with van der Waals surface area (Å²) in [6.45, 7) is 2.00. The molecular formula is C22H13Cl2N3O2S. The van der Waals surface area contributed by atoms with Gasteiger partial charge < -0.3 is 4.42 Å². The van der Waals surface area contributed by atoms with Gasteiger partial charge >= 0.3 is 0 Å². The second-order valence-electron chi connectivity index (χ2n) is 6.75. The average Bonchev–Trinajstić information content (AvgIpc) is 3.42. The fourth-order valence-electron chi connectivity index (χ4n) is 3.10. The Morgan fingerprint density at radius 1 is 1.03 bits per heavy atom. The first-order valence-electron chi connectivity index (χ1n) is 9.01. The summed E-state index contributed by atoms with van der Waals surface area (Å²) < 4.78 is 7.69. The Morgan fingerprint density at radius 3 is 2.67 bits per heavy atom. The smallest absolute Gasteiger partial charge is 0.291 e. The van der Waals surface area contributed by atoms with E-state index in [4.69, 9.17) is 27.6 Å². The summed E-state index contributed by atoms with van der Waals surface area (Å²) in [5.41, 5.74) is 2.57. The van der Waals surface area contributed by atoms with Crippen molar-refractivity contribution in [3.63, 3.8) is 0 Å². The molecule has 0 fully saturated rings. The van der Waals surface area contributed by atoms with Crippen LogP contribution < -0.4 is 10.1 Å². The van der Waals surface area contributed by atoms with Crippen LogP contribution in [0.15, 0.2) is 63.8 Å². The van der Waals surface area contributed by atoms with Crippen molar-refractivity contribution >= 4 is 45.6 Å². The van der Waals surface area contributed by atoms with Gasteiger partial charge in [-0.1, -0.05) is 58.3 Å². The zero-order chi connectivity index (χ0) is 20.8. The van der Waals surface area contributed by atoms with Crippen LogP contribution in [-0.4, -0.2) is 14.6 Å². The van der Waals surface area contributed by atoms with E-state index in [1.807, 2.05) is 43.3 Å². The minimum absolute atomic E-state index is 0.228. The van der Waals surface area contributed by atoms with Crippen LogP contribution in [-0.2, 0) is 0 Å². The van der Waals surface area contributed by atoms with E-state index < -0.39 is 0 Å². The van der Waals surface area contributed by atoms with E-state index in [0.717, 1.165) is 16.7 Å². The molecule has 0 aliphatic heterocycles. The lowest BCUT2D eigenvalue weighted by atomic mass is 10.1. The lowest BCUT2D eigenvalue weighted by molar-refractivity contribution is 0.571. The Hall–Kier alpha value is -2.93. The average molecular weight is 454 g/mol. The molecule has 0 atom stereocenters. The lowest BCUT2D eigenvalue weighted by Crippen LogP contribution is -2.23. The Kier molecular flexibility index (Phi) is 4.70. The Bertz CT molecular complexity index is 1520. The van der Waals surface area contributed by atoms with Gasteiger partial charge in [-0.3, -0.25) is 4.79 Å². The highest BCUT2D eigenvalue weighted by atomic mass is 35.5. The van der Waals surface area contributed by atoms with Crippen LogP contribution in [0, 0.1) is 6.92 Å². The first-order valence-corrected chi connectivity index (χ1v) is 10.6.